The lowest BCUT2D eigenvalue weighted by atomic mass is 9.99. The van der Waals surface area contributed by atoms with Crippen molar-refractivity contribution in [2.75, 3.05) is 6.61 Å². The van der Waals surface area contributed by atoms with Gasteiger partial charge in [0.25, 0.3) is 0 Å². The lowest BCUT2D eigenvalue weighted by Gasteiger charge is -2.40. The van der Waals surface area contributed by atoms with Crippen molar-refractivity contribution < 1.29 is 34.7 Å². The summed E-state index contributed by atoms with van der Waals surface area (Å²) in [7, 11) is 0. The number of amides is 1. The molecule has 0 bridgehead atoms. The number of hydrogen-bond acceptors (Lipinski definition) is 7. The molecule has 8 heteroatoms. The lowest BCUT2D eigenvalue weighted by molar-refractivity contribution is -0.308. The highest BCUT2D eigenvalue weighted by molar-refractivity contribution is 5.78. The molecule has 1 fully saturated rings. The monoisotopic (exact) mass is 265 g/mol. The SMILES string of the molecule is CCC(O[C@@H]1OC(CO)[C@@H](O)C(O)[C@H]1O)C(N)=O. The van der Waals surface area contributed by atoms with E-state index >= 15 is 0 Å². The van der Waals surface area contributed by atoms with E-state index in [1.165, 1.54) is 0 Å². The van der Waals surface area contributed by atoms with Gasteiger partial charge in [0.1, 0.15) is 30.5 Å². The molecule has 106 valence electrons. The van der Waals surface area contributed by atoms with Gasteiger partial charge in [-0.05, 0) is 6.42 Å². The Morgan fingerprint density at radius 3 is 2.39 bits per heavy atom. The number of nitrogens with two attached hydrogens (primary N) is 1. The number of aliphatic hydroxyl groups is 4. The van der Waals surface area contributed by atoms with Crippen LogP contribution in [0.15, 0.2) is 0 Å². The summed E-state index contributed by atoms with van der Waals surface area (Å²) in [6, 6.07) is 0. The first-order valence-electron chi connectivity index (χ1n) is 5.67. The summed E-state index contributed by atoms with van der Waals surface area (Å²) in [6.45, 7) is 1.09. The van der Waals surface area contributed by atoms with E-state index in [-0.39, 0.29) is 6.42 Å². The second-order valence-electron chi connectivity index (χ2n) is 4.13. The van der Waals surface area contributed by atoms with Crippen LogP contribution in [-0.2, 0) is 14.3 Å². The molecule has 1 rings (SSSR count). The molecule has 0 saturated carbocycles. The van der Waals surface area contributed by atoms with Crippen LogP contribution in [0.5, 0.6) is 0 Å². The molecule has 0 spiro atoms. The molecular formula is C10H19NO7. The average molecular weight is 265 g/mol. The van der Waals surface area contributed by atoms with Gasteiger partial charge >= 0.3 is 0 Å². The van der Waals surface area contributed by atoms with E-state index < -0.39 is 49.3 Å². The van der Waals surface area contributed by atoms with Crippen molar-refractivity contribution >= 4 is 5.91 Å². The Morgan fingerprint density at radius 1 is 1.33 bits per heavy atom. The molecule has 18 heavy (non-hydrogen) atoms. The highest BCUT2D eigenvalue weighted by Gasteiger charge is 2.45. The van der Waals surface area contributed by atoms with Gasteiger partial charge in [-0.25, -0.2) is 0 Å². The summed E-state index contributed by atoms with van der Waals surface area (Å²) in [5.74, 6) is -0.727. The lowest BCUT2D eigenvalue weighted by Crippen LogP contribution is -2.60. The fraction of sp³-hybridized carbons (Fsp3) is 0.900. The van der Waals surface area contributed by atoms with Crippen LogP contribution in [0.25, 0.3) is 0 Å². The van der Waals surface area contributed by atoms with Gasteiger partial charge in [-0.3, -0.25) is 4.79 Å². The quantitative estimate of drug-likeness (QED) is 0.358. The van der Waals surface area contributed by atoms with Crippen LogP contribution in [0.2, 0.25) is 0 Å². The van der Waals surface area contributed by atoms with Crippen molar-refractivity contribution in [3.8, 4) is 0 Å². The summed E-state index contributed by atoms with van der Waals surface area (Å²) in [5, 5.41) is 37.7. The average Bonchev–Trinajstić information content (AvgIpc) is 2.35. The second-order valence-corrected chi connectivity index (χ2v) is 4.13. The van der Waals surface area contributed by atoms with Gasteiger partial charge in [-0.2, -0.15) is 0 Å². The van der Waals surface area contributed by atoms with Crippen molar-refractivity contribution in [1.82, 2.24) is 0 Å². The fourth-order valence-electron chi connectivity index (χ4n) is 1.71. The van der Waals surface area contributed by atoms with Crippen LogP contribution in [0.4, 0.5) is 0 Å². The van der Waals surface area contributed by atoms with Gasteiger partial charge in [-0.1, -0.05) is 6.92 Å². The Bertz CT molecular complexity index is 285. The van der Waals surface area contributed by atoms with Gasteiger partial charge in [0, 0.05) is 0 Å². The standard InChI is InChI=1S/C10H19NO7/c1-2-4(9(11)16)17-10-8(15)7(14)6(13)5(3-12)18-10/h4-8,10,12-15H,2-3H2,1H3,(H2,11,16)/t4?,5?,6-,7?,8-,10-/m1/s1. The molecule has 1 amide bonds. The number of primary amides is 1. The first-order chi connectivity index (χ1) is 8.42. The summed E-state index contributed by atoms with van der Waals surface area (Å²) in [6.07, 6.45) is -7.64. The molecule has 1 heterocycles. The van der Waals surface area contributed by atoms with Crippen LogP contribution < -0.4 is 5.73 Å². The fourth-order valence-corrected chi connectivity index (χ4v) is 1.71. The second kappa shape index (κ2) is 6.41. The largest absolute Gasteiger partial charge is 0.394 e. The zero-order valence-corrected chi connectivity index (χ0v) is 9.97. The summed E-state index contributed by atoms with van der Waals surface area (Å²) >= 11 is 0. The minimum absolute atomic E-state index is 0.268. The first-order valence-corrected chi connectivity index (χ1v) is 5.67. The smallest absolute Gasteiger partial charge is 0.246 e. The normalized spacial score (nSPS) is 38.4. The van der Waals surface area contributed by atoms with E-state index in [1.807, 2.05) is 0 Å². The molecule has 6 N–H and O–H groups in total. The maximum absolute atomic E-state index is 11.0. The minimum Gasteiger partial charge on any atom is -0.394 e. The molecule has 0 aromatic rings. The molecule has 1 saturated heterocycles. The Hall–Kier alpha value is -0.770. The van der Waals surface area contributed by atoms with Crippen molar-refractivity contribution in [1.29, 1.82) is 0 Å². The molecule has 1 aliphatic rings. The number of carbonyl (C=O) groups is 1. The van der Waals surface area contributed by atoms with Crippen LogP contribution in [0, 0.1) is 0 Å². The number of aliphatic hydroxyl groups excluding tert-OH is 4. The third-order valence-electron chi connectivity index (χ3n) is 2.83. The zero-order chi connectivity index (χ0) is 13.9. The molecule has 6 atom stereocenters. The Kier molecular flexibility index (Phi) is 5.45. The van der Waals surface area contributed by atoms with E-state index in [4.69, 9.17) is 20.3 Å². The van der Waals surface area contributed by atoms with Crippen LogP contribution in [0.3, 0.4) is 0 Å². The van der Waals surface area contributed by atoms with Crippen molar-refractivity contribution in [2.45, 2.75) is 50.2 Å². The third-order valence-corrected chi connectivity index (χ3v) is 2.83. The maximum atomic E-state index is 11.0. The Labute approximate surface area is 104 Å². The molecule has 0 aliphatic carbocycles. The Balaban J connectivity index is 2.72. The molecule has 0 aromatic carbocycles. The zero-order valence-electron chi connectivity index (χ0n) is 9.97. The molecule has 8 nitrogen and oxygen atoms in total. The first kappa shape index (κ1) is 15.3. The van der Waals surface area contributed by atoms with Gasteiger partial charge in [0.05, 0.1) is 6.61 Å². The van der Waals surface area contributed by atoms with Gasteiger partial charge in [0.15, 0.2) is 6.29 Å². The number of carbonyl (C=O) groups excluding carboxylic acids is 1. The van der Waals surface area contributed by atoms with Crippen LogP contribution in [-0.4, -0.2) is 69.8 Å². The molecule has 0 radical (unpaired) electrons. The number of ether oxygens (including phenoxy) is 2. The minimum atomic E-state index is -1.54. The van der Waals surface area contributed by atoms with E-state index in [2.05, 4.69) is 0 Å². The Morgan fingerprint density at radius 2 is 1.94 bits per heavy atom. The van der Waals surface area contributed by atoms with E-state index in [9.17, 15) is 20.1 Å². The number of rotatable bonds is 5. The third kappa shape index (κ3) is 3.16. The predicted molar refractivity (Wildman–Crippen MR) is 58.1 cm³/mol. The van der Waals surface area contributed by atoms with Crippen LogP contribution >= 0.6 is 0 Å². The van der Waals surface area contributed by atoms with Crippen molar-refractivity contribution in [3.63, 3.8) is 0 Å². The van der Waals surface area contributed by atoms with E-state index in [0.29, 0.717) is 0 Å². The summed E-state index contributed by atoms with van der Waals surface area (Å²) in [5.41, 5.74) is 5.08. The maximum Gasteiger partial charge on any atom is 0.246 e. The molecule has 3 unspecified atom stereocenters. The highest BCUT2D eigenvalue weighted by atomic mass is 16.7. The molecule has 1 aliphatic heterocycles. The number of hydrogen-bond donors (Lipinski definition) is 5. The van der Waals surface area contributed by atoms with Gasteiger partial charge in [-0.15, -0.1) is 0 Å². The van der Waals surface area contributed by atoms with E-state index in [0.717, 1.165) is 0 Å². The van der Waals surface area contributed by atoms with Crippen molar-refractivity contribution in [2.24, 2.45) is 5.73 Å². The summed E-state index contributed by atoms with van der Waals surface area (Å²) in [4.78, 5) is 11.0. The van der Waals surface area contributed by atoms with Crippen LogP contribution in [0.1, 0.15) is 13.3 Å². The predicted octanol–water partition coefficient (Wildman–Crippen LogP) is -2.93. The summed E-state index contributed by atoms with van der Waals surface area (Å²) < 4.78 is 10.2. The molecular weight excluding hydrogens is 246 g/mol. The van der Waals surface area contributed by atoms with Gasteiger partial charge in [0.2, 0.25) is 5.91 Å². The topological polar surface area (TPSA) is 142 Å². The molecule has 0 aromatic heterocycles. The van der Waals surface area contributed by atoms with E-state index in [1.54, 1.807) is 6.92 Å². The van der Waals surface area contributed by atoms with Crippen molar-refractivity contribution in [3.05, 3.63) is 0 Å². The highest BCUT2D eigenvalue weighted by Crippen LogP contribution is 2.23. The van der Waals surface area contributed by atoms with Gasteiger partial charge < -0.3 is 35.6 Å².